The summed E-state index contributed by atoms with van der Waals surface area (Å²) in [6.07, 6.45) is 2.65. The van der Waals surface area contributed by atoms with Crippen LogP contribution in [0.5, 0.6) is 0 Å². The van der Waals surface area contributed by atoms with Crippen LogP contribution in [0.3, 0.4) is 0 Å². The Bertz CT molecular complexity index is 721. The zero-order valence-electron chi connectivity index (χ0n) is 11.2. The van der Waals surface area contributed by atoms with E-state index in [9.17, 15) is 4.79 Å². The van der Waals surface area contributed by atoms with E-state index >= 15 is 0 Å². The van der Waals surface area contributed by atoms with Gasteiger partial charge in [-0.3, -0.25) is 4.79 Å². The van der Waals surface area contributed by atoms with Crippen molar-refractivity contribution in [3.8, 4) is 11.1 Å². The number of rotatable bonds is 1. The van der Waals surface area contributed by atoms with Crippen molar-refractivity contribution < 1.29 is 4.79 Å². The van der Waals surface area contributed by atoms with Crippen LogP contribution in [0.2, 0.25) is 0 Å². The lowest BCUT2D eigenvalue weighted by molar-refractivity contribution is -0.117. The van der Waals surface area contributed by atoms with Crippen molar-refractivity contribution in [2.24, 2.45) is 0 Å². The fourth-order valence-electron chi connectivity index (χ4n) is 3.36. The Morgan fingerprint density at radius 3 is 2.75 bits per heavy atom. The van der Waals surface area contributed by atoms with Crippen LogP contribution in [0.25, 0.3) is 11.1 Å². The van der Waals surface area contributed by atoms with E-state index in [0.29, 0.717) is 6.42 Å². The van der Waals surface area contributed by atoms with E-state index in [1.54, 1.807) is 0 Å². The summed E-state index contributed by atoms with van der Waals surface area (Å²) < 4.78 is 0. The van der Waals surface area contributed by atoms with Crippen LogP contribution in [0.4, 0.5) is 11.4 Å². The first-order valence-electron chi connectivity index (χ1n) is 7.04. The lowest BCUT2D eigenvalue weighted by atomic mass is 9.94. The Morgan fingerprint density at radius 1 is 1.05 bits per heavy atom. The van der Waals surface area contributed by atoms with Gasteiger partial charge in [-0.1, -0.05) is 12.1 Å². The third kappa shape index (κ3) is 1.63. The highest BCUT2D eigenvalue weighted by atomic mass is 16.2. The van der Waals surface area contributed by atoms with Gasteiger partial charge in [0.2, 0.25) is 5.91 Å². The molecule has 1 amide bonds. The first kappa shape index (κ1) is 11.5. The van der Waals surface area contributed by atoms with Crippen LogP contribution in [0.1, 0.15) is 17.5 Å². The van der Waals surface area contributed by atoms with Gasteiger partial charge in [-0.05, 0) is 59.4 Å². The lowest BCUT2D eigenvalue weighted by Gasteiger charge is -2.26. The molecule has 3 heteroatoms. The topological polar surface area (TPSA) is 46.3 Å². The minimum absolute atomic E-state index is 0.241. The molecule has 0 fully saturated rings. The van der Waals surface area contributed by atoms with Crippen molar-refractivity contribution in [2.45, 2.75) is 19.3 Å². The largest absolute Gasteiger partial charge is 0.399 e. The standard InChI is InChI=1S/C17H16N2O/c18-15-5-1-3-11(9-15)13-7-12-4-2-6-19-16(20)10-14(8-13)17(12)19/h1,3,5,7-9H,2,4,6,10,18H2. The molecule has 2 aliphatic rings. The SMILES string of the molecule is Nc1cccc(-c2cc3c4c(c2)CC(=O)N4CCC3)c1. The van der Waals surface area contributed by atoms with Gasteiger partial charge < -0.3 is 10.6 Å². The van der Waals surface area contributed by atoms with E-state index in [0.717, 1.165) is 30.6 Å². The number of benzene rings is 2. The predicted octanol–water partition coefficient (Wildman–Crippen LogP) is 2.77. The molecular weight excluding hydrogens is 248 g/mol. The van der Waals surface area contributed by atoms with Crippen LogP contribution in [0.15, 0.2) is 36.4 Å². The monoisotopic (exact) mass is 264 g/mol. The molecule has 2 aromatic carbocycles. The van der Waals surface area contributed by atoms with E-state index in [4.69, 9.17) is 5.73 Å². The number of carbonyl (C=O) groups excluding carboxylic acids is 1. The van der Waals surface area contributed by atoms with Gasteiger partial charge in [0.15, 0.2) is 0 Å². The Hall–Kier alpha value is -2.29. The zero-order chi connectivity index (χ0) is 13.7. The normalized spacial score (nSPS) is 16.4. The summed E-state index contributed by atoms with van der Waals surface area (Å²) in [5, 5.41) is 0. The first-order chi connectivity index (χ1) is 9.72. The number of nitrogens with zero attached hydrogens (tertiary/aromatic N) is 1. The van der Waals surface area contributed by atoms with Gasteiger partial charge in [0, 0.05) is 12.2 Å². The highest BCUT2D eigenvalue weighted by Gasteiger charge is 2.32. The third-order valence-electron chi connectivity index (χ3n) is 4.23. The Balaban J connectivity index is 1.89. The lowest BCUT2D eigenvalue weighted by Crippen LogP contribution is -2.31. The van der Waals surface area contributed by atoms with Crippen LogP contribution in [-0.4, -0.2) is 12.5 Å². The fraction of sp³-hybridized carbons (Fsp3) is 0.235. The second-order valence-corrected chi connectivity index (χ2v) is 5.59. The van der Waals surface area contributed by atoms with Gasteiger partial charge >= 0.3 is 0 Å². The van der Waals surface area contributed by atoms with Gasteiger partial charge in [-0.2, -0.15) is 0 Å². The third-order valence-corrected chi connectivity index (χ3v) is 4.23. The maximum Gasteiger partial charge on any atom is 0.231 e. The maximum atomic E-state index is 12.1. The predicted molar refractivity (Wildman–Crippen MR) is 80.7 cm³/mol. The van der Waals surface area contributed by atoms with E-state index < -0.39 is 0 Å². The van der Waals surface area contributed by atoms with E-state index in [-0.39, 0.29) is 5.91 Å². The van der Waals surface area contributed by atoms with Crippen LogP contribution in [-0.2, 0) is 17.6 Å². The van der Waals surface area contributed by atoms with Crippen molar-refractivity contribution in [2.75, 3.05) is 17.2 Å². The fourth-order valence-corrected chi connectivity index (χ4v) is 3.36. The van der Waals surface area contributed by atoms with Crippen molar-refractivity contribution in [1.29, 1.82) is 0 Å². The smallest absolute Gasteiger partial charge is 0.231 e. The van der Waals surface area contributed by atoms with E-state index in [1.165, 1.54) is 22.4 Å². The van der Waals surface area contributed by atoms with Crippen molar-refractivity contribution in [3.05, 3.63) is 47.5 Å². The van der Waals surface area contributed by atoms with Gasteiger partial charge in [0.05, 0.1) is 12.1 Å². The molecule has 0 saturated carbocycles. The van der Waals surface area contributed by atoms with Gasteiger partial charge in [-0.25, -0.2) is 0 Å². The molecule has 20 heavy (non-hydrogen) atoms. The number of carbonyl (C=O) groups is 1. The average Bonchev–Trinajstić information content (AvgIpc) is 2.77. The molecule has 0 unspecified atom stereocenters. The molecule has 4 rings (SSSR count). The van der Waals surface area contributed by atoms with Crippen molar-refractivity contribution >= 4 is 17.3 Å². The number of nitrogens with two attached hydrogens (primary N) is 1. The molecule has 2 aromatic rings. The quantitative estimate of drug-likeness (QED) is 0.805. The number of hydrogen-bond donors (Lipinski definition) is 1. The molecule has 0 aliphatic carbocycles. The molecule has 2 N–H and O–H groups in total. The molecule has 0 bridgehead atoms. The Kier molecular flexibility index (Phi) is 2.36. The first-order valence-corrected chi connectivity index (χ1v) is 7.04. The summed E-state index contributed by atoms with van der Waals surface area (Å²) in [5.74, 6) is 0.241. The average molecular weight is 264 g/mol. The molecule has 0 atom stereocenters. The van der Waals surface area contributed by atoms with Crippen molar-refractivity contribution in [1.82, 2.24) is 0 Å². The summed E-state index contributed by atoms with van der Waals surface area (Å²) in [6, 6.07) is 12.3. The molecule has 0 aromatic heterocycles. The van der Waals surface area contributed by atoms with Crippen molar-refractivity contribution in [3.63, 3.8) is 0 Å². The van der Waals surface area contributed by atoms with Gasteiger partial charge in [0.1, 0.15) is 0 Å². The molecule has 0 saturated heterocycles. The molecule has 3 nitrogen and oxygen atoms in total. The van der Waals surface area contributed by atoms with Crippen LogP contribution < -0.4 is 10.6 Å². The maximum absolute atomic E-state index is 12.1. The number of hydrogen-bond acceptors (Lipinski definition) is 2. The highest BCUT2D eigenvalue weighted by Crippen LogP contribution is 2.39. The molecule has 100 valence electrons. The Labute approximate surface area is 118 Å². The molecule has 0 spiro atoms. The number of anilines is 2. The summed E-state index contributed by atoms with van der Waals surface area (Å²) in [7, 11) is 0. The number of nitrogen functional groups attached to an aromatic ring is 1. The van der Waals surface area contributed by atoms with Gasteiger partial charge in [0.25, 0.3) is 0 Å². The molecule has 2 aliphatic heterocycles. The second-order valence-electron chi connectivity index (χ2n) is 5.59. The Morgan fingerprint density at radius 2 is 1.90 bits per heavy atom. The minimum Gasteiger partial charge on any atom is -0.399 e. The number of aryl methyl sites for hydroxylation is 1. The summed E-state index contributed by atoms with van der Waals surface area (Å²) in [5.41, 5.74) is 12.6. The van der Waals surface area contributed by atoms with E-state index in [1.807, 2.05) is 23.1 Å². The summed E-state index contributed by atoms with van der Waals surface area (Å²) in [6.45, 7) is 0.871. The second kappa shape index (κ2) is 4.10. The summed E-state index contributed by atoms with van der Waals surface area (Å²) >= 11 is 0. The molecule has 2 heterocycles. The zero-order valence-corrected chi connectivity index (χ0v) is 11.2. The number of amides is 1. The highest BCUT2D eigenvalue weighted by molar-refractivity contribution is 6.03. The minimum atomic E-state index is 0.241. The van der Waals surface area contributed by atoms with E-state index in [2.05, 4.69) is 18.2 Å². The van der Waals surface area contributed by atoms with Crippen LogP contribution >= 0.6 is 0 Å². The molecular formula is C17H16N2O. The molecule has 0 radical (unpaired) electrons. The summed E-state index contributed by atoms with van der Waals surface area (Å²) in [4.78, 5) is 14.0. The van der Waals surface area contributed by atoms with Gasteiger partial charge in [-0.15, -0.1) is 0 Å². The van der Waals surface area contributed by atoms with Crippen LogP contribution in [0, 0.1) is 0 Å².